The Kier molecular flexibility index (Phi) is 4.13. The van der Waals surface area contributed by atoms with Crippen molar-refractivity contribution in [2.24, 2.45) is 11.3 Å². The average molecular weight is 240 g/mol. The molecule has 0 aromatic carbocycles. The highest BCUT2D eigenvalue weighted by atomic mass is 16.5. The van der Waals surface area contributed by atoms with Crippen LogP contribution in [-0.4, -0.2) is 39.4 Å². The minimum atomic E-state index is -1.33. The van der Waals surface area contributed by atoms with Crippen LogP contribution < -0.4 is 0 Å². The second kappa shape index (κ2) is 5.19. The summed E-state index contributed by atoms with van der Waals surface area (Å²) in [6, 6.07) is 0. The summed E-state index contributed by atoms with van der Waals surface area (Å²) >= 11 is 0. The van der Waals surface area contributed by atoms with Gasteiger partial charge in [0.15, 0.2) is 5.41 Å². The summed E-state index contributed by atoms with van der Waals surface area (Å²) in [5.41, 5.74) is -1.33. The highest BCUT2D eigenvalue weighted by Gasteiger charge is 2.57. The molecule has 0 bridgehead atoms. The number of hydrogen-bond donors (Lipinski definition) is 0. The van der Waals surface area contributed by atoms with Crippen LogP contribution in [0, 0.1) is 23.7 Å². The van der Waals surface area contributed by atoms with Gasteiger partial charge in [-0.25, -0.2) is 0 Å². The second-order valence-corrected chi connectivity index (χ2v) is 4.02. The molecule has 0 aromatic rings. The van der Waals surface area contributed by atoms with Gasteiger partial charge in [0.2, 0.25) is 0 Å². The summed E-state index contributed by atoms with van der Waals surface area (Å²) in [6.45, 7) is 0. The Hall–Kier alpha value is -1.54. The molecule has 1 aliphatic rings. The van der Waals surface area contributed by atoms with Crippen LogP contribution in [-0.2, 0) is 23.8 Å². The van der Waals surface area contributed by atoms with Crippen LogP contribution in [0.5, 0.6) is 0 Å². The van der Waals surface area contributed by atoms with E-state index in [0.717, 1.165) is 0 Å². The summed E-state index contributed by atoms with van der Waals surface area (Å²) < 4.78 is 14.6. The molecule has 1 rings (SSSR count). The van der Waals surface area contributed by atoms with Gasteiger partial charge in [0.25, 0.3) is 0 Å². The zero-order chi connectivity index (χ0) is 13.1. The Morgan fingerprint density at radius 2 is 1.71 bits per heavy atom. The lowest BCUT2D eigenvalue weighted by molar-refractivity contribution is -0.169. The van der Waals surface area contributed by atoms with E-state index in [-0.39, 0.29) is 24.9 Å². The fourth-order valence-corrected chi connectivity index (χ4v) is 2.30. The number of carbonyl (C=O) groups is 2. The van der Waals surface area contributed by atoms with E-state index in [1.54, 1.807) is 0 Å². The molecule has 1 unspecified atom stereocenters. The number of methoxy groups -OCH3 is 3. The van der Waals surface area contributed by atoms with Crippen LogP contribution in [0.3, 0.4) is 0 Å². The first-order chi connectivity index (χ1) is 8.05. The largest absolute Gasteiger partial charge is 0.468 e. The molecule has 0 amide bonds. The molecule has 0 saturated heterocycles. The third-order valence-corrected chi connectivity index (χ3v) is 3.24. The van der Waals surface area contributed by atoms with E-state index in [0.29, 0.717) is 0 Å². The number of ether oxygens (including phenoxy) is 3. The first kappa shape index (κ1) is 13.5. The first-order valence-corrected chi connectivity index (χ1v) is 5.21. The molecule has 5 heteroatoms. The number of carbonyl (C=O) groups excluding carboxylic acids is 2. The van der Waals surface area contributed by atoms with Gasteiger partial charge >= 0.3 is 11.9 Å². The average Bonchev–Trinajstić information content (AvgIpc) is 2.76. The van der Waals surface area contributed by atoms with Gasteiger partial charge in [0, 0.05) is 19.4 Å². The van der Waals surface area contributed by atoms with Crippen molar-refractivity contribution in [1.29, 1.82) is 0 Å². The summed E-state index contributed by atoms with van der Waals surface area (Å²) in [4.78, 5) is 23.6. The normalized spacial score (nSPS) is 26.0. The zero-order valence-corrected chi connectivity index (χ0v) is 10.2. The molecule has 2 atom stereocenters. The van der Waals surface area contributed by atoms with Gasteiger partial charge in [-0.3, -0.25) is 9.59 Å². The van der Waals surface area contributed by atoms with E-state index in [4.69, 9.17) is 11.2 Å². The van der Waals surface area contributed by atoms with Gasteiger partial charge in [-0.15, -0.1) is 12.3 Å². The summed E-state index contributed by atoms with van der Waals surface area (Å²) in [6.07, 6.45) is 5.42. The van der Waals surface area contributed by atoms with Crippen molar-refractivity contribution in [2.75, 3.05) is 21.3 Å². The van der Waals surface area contributed by atoms with Crippen molar-refractivity contribution in [2.45, 2.75) is 18.9 Å². The molecule has 5 nitrogen and oxygen atoms in total. The van der Waals surface area contributed by atoms with Crippen LogP contribution >= 0.6 is 0 Å². The Bertz CT molecular complexity index is 338. The smallest absolute Gasteiger partial charge is 0.323 e. The molecule has 0 aliphatic heterocycles. The fourth-order valence-electron chi connectivity index (χ4n) is 2.30. The third kappa shape index (κ3) is 2.13. The topological polar surface area (TPSA) is 61.8 Å². The van der Waals surface area contributed by atoms with Crippen LogP contribution in [0.25, 0.3) is 0 Å². The van der Waals surface area contributed by atoms with Gasteiger partial charge in [-0.2, -0.15) is 0 Å². The summed E-state index contributed by atoms with van der Waals surface area (Å²) in [7, 11) is 3.97. The number of hydrogen-bond acceptors (Lipinski definition) is 5. The van der Waals surface area contributed by atoms with Crippen LogP contribution in [0.15, 0.2) is 0 Å². The van der Waals surface area contributed by atoms with Crippen molar-refractivity contribution >= 4 is 11.9 Å². The van der Waals surface area contributed by atoms with E-state index in [1.807, 2.05) is 0 Å². The van der Waals surface area contributed by atoms with Crippen molar-refractivity contribution in [1.82, 2.24) is 0 Å². The van der Waals surface area contributed by atoms with Crippen LogP contribution in [0.4, 0.5) is 0 Å². The lowest BCUT2D eigenvalue weighted by Crippen LogP contribution is -2.39. The Labute approximate surface area is 100 Å². The molecule has 1 aliphatic carbocycles. The monoisotopic (exact) mass is 240 g/mol. The van der Waals surface area contributed by atoms with Crippen molar-refractivity contribution in [3.8, 4) is 12.3 Å². The molecule has 1 fully saturated rings. The van der Waals surface area contributed by atoms with Crippen LogP contribution in [0.2, 0.25) is 0 Å². The Morgan fingerprint density at radius 1 is 1.18 bits per heavy atom. The highest BCUT2D eigenvalue weighted by Crippen LogP contribution is 2.44. The standard InChI is InChI=1S/C12H16O5/c1-5-8-6-12(10(13)16-3,11(14)17-4)7-9(8)15-2/h1,8-9H,6-7H2,2-4H3/t8-,9?/m1/s1. The predicted octanol–water partition coefficient (Wildman–Crippen LogP) is 0.377. The Balaban J connectivity index is 3.08. The molecule has 0 heterocycles. The minimum Gasteiger partial charge on any atom is -0.468 e. The highest BCUT2D eigenvalue weighted by molar-refractivity contribution is 6.00. The third-order valence-electron chi connectivity index (χ3n) is 3.24. The molecule has 1 saturated carbocycles. The zero-order valence-electron chi connectivity index (χ0n) is 10.2. The van der Waals surface area contributed by atoms with Gasteiger partial charge < -0.3 is 14.2 Å². The fraction of sp³-hybridized carbons (Fsp3) is 0.667. The molecular weight excluding hydrogens is 224 g/mol. The van der Waals surface area contributed by atoms with Gasteiger partial charge in [0.1, 0.15) is 0 Å². The van der Waals surface area contributed by atoms with E-state index < -0.39 is 17.4 Å². The van der Waals surface area contributed by atoms with E-state index in [2.05, 4.69) is 15.4 Å². The summed E-state index contributed by atoms with van der Waals surface area (Å²) in [5.74, 6) is 1.00. The molecule has 17 heavy (non-hydrogen) atoms. The van der Waals surface area contributed by atoms with Crippen molar-refractivity contribution < 1.29 is 23.8 Å². The van der Waals surface area contributed by atoms with E-state index in [9.17, 15) is 9.59 Å². The molecule has 0 spiro atoms. The lowest BCUT2D eigenvalue weighted by atomic mass is 9.85. The maximum absolute atomic E-state index is 11.8. The number of terminal acetylenes is 1. The first-order valence-electron chi connectivity index (χ1n) is 5.21. The molecule has 0 N–H and O–H groups in total. The SMILES string of the molecule is C#C[C@@H]1CC(C(=O)OC)(C(=O)OC)CC1OC. The molecule has 0 aromatic heterocycles. The molecular formula is C12H16O5. The summed E-state index contributed by atoms with van der Waals surface area (Å²) in [5, 5.41) is 0. The van der Waals surface area contributed by atoms with Crippen molar-refractivity contribution in [3.63, 3.8) is 0 Å². The Morgan fingerprint density at radius 3 is 2.00 bits per heavy atom. The van der Waals surface area contributed by atoms with Crippen LogP contribution in [0.1, 0.15) is 12.8 Å². The molecule has 0 radical (unpaired) electrons. The molecule has 94 valence electrons. The maximum atomic E-state index is 11.8. The number of rotatable bonds is 3. The van der Waals surface area contributed by atoms with E-state index in [1.165, 1.54) is 21.3 Å². The van der Waals surface area contributed by atoms with Gasteiger partial charge in [-0.05, 0) is 6.42 Å². The van der Waals surface area contributed by atoms with Gasteiger partial charge in [-0.1, -0.05) is 0 Å². The minimum absolute atomic E-state index is 0.192. The van der Waals surface area contributed by atoms with Crippen molar-refractivity contribution in [3.05, 3.63) is 0 Å². The second-order valence-electron chi connectivity index (χ2n) is 4.02. The lowest BCUT2D eigenvalue weighted by Gasteiger charge is -2.22. The van der Waals surface area contributed by atoms with Gasteiger partial charge in [0.05, 0.1) is 20.3 Å². The quantitative estimate of drug-likeness (QED) is 0.405. The predicted molar refractivity (Wildman–Crippen MR) is 58.8 cm³/mol. The van der Waals surface area contributed by atoms with E-state index >= 15 is 0 Å². The number of esters is 2. The maximum Gasteiger partial charge on any atom is 0.323 e.